The molecule has 0 aromatic heterocycles. The van der Waals surface area contributed by atoms with Crippen LogP contribution in [0, 0.1) is 5.82 Å². The quantitative estimate of drug-likeness (QED) is 0.910. The molecule has 0 aliphatic carbocycles. The van der Waals surface area contributed by atoms with Crippen LogP contribution in [0.2, 0.25) is 0 Å². The van der Waals surface area contributed by atoms with Crippen molar-refractivity contribution >= 4 is 21.2 Å². The van der Waals surface area contributed by atoms with E-state index in [1.54, 1.807) is 0 Å². The second-order valence-corrected chi connectivity index (χ2v) is 6.25. The summed E-state index contributed by atoms with van der Waals surface area (Å²) in [5.74, 6) is -3.68. The van der Waals surface area contributed by atoms with Crippen LogP contribution >= 0.6 is 0 Å². The highest BCUT2D eigenvalue weighted by molar-refractivity contribution is 7.91. The molecule has 0 saturated heterocycles. The fourth-order valence-electron chi connectivity index (χ4n) is 1.75. The third-order valence-electron chi connectivity index (χ3n) is 2.81. The van der Waals surface area contributed by atoms with Crippen LogP contribution in [0.15, 0.2) is 47.4 Å². The van der Waals surface area contributed by atoms with E-state index in [2.05, 4.69) is 5.32 Å². The highest BCUT2D eigenvalue weighted by atomic mass is 32.2. The summed E-state index contributed by atoms with van der Waals surface area (Å²) in [6, 6.07) is 8.68. The summed E-state index contributed by atoms with van der Waals surface area (Å²) in [4.78, 5) is -0.482. The highest BCUT2D eigenvalue weighted by Crippen LogP contribution is 2.25. The van der Waals surface area contributed by atoms with E-state index in [0.29, 0.717) is 17.1 Å². The van der Waals surface area contributed by atoms with Crippen molar-refractivity contribution in [2.75, 3.05) is 12.4 Å². The van der Waals surface area contributed by atoms with Crippen molar-refractivity contribution in [1.29, 1.82) is 0 Å². The Kier molecular flexibility index (Phi) is 4.60. The van der Waals surface area contributed by atoms with Crippen molar-refractivity contribution in [3.63, 3.8) is 0 Å². The maximum absolute atomic E-state index is 13.3. The Balaban J connectivity index is 2.24. The molecule has 0 saturated carbocycles. The largest absolute Gasteiger partial charge is 0.497 e. The molecule has 1 N–H and O–H groups in total. The summed E-state index contributed by atoms with van der Waals surface area (Å²) in [5, 5.41) is 2.83. The molecule has 2 aromatic carbocycles. The third kappa shape index (κ3) is 3.51. The van der Waals surface area contributed by atoms with Crippen LogP contribution in [0.5, 0.6) is 5.75 Å². The van der Waals surface area contributed by atoms with Crippen molar-refractivity contribution in [3.8, 4) is 5.75 Å². The molecule has 0 heterocycles. The minimum Gasteiger partial charge on any atom is -0.497 e. The molecule has 0 unspecified atom stereocenters. The van der Waals surface area contributed by atoms with Crippen molar-refractivity contribution in [2.24, 2.45) is 0 Å². The molecule has 0 radical (unpaired) electrons. The number of alkyl halides is 2. The first-order valence-electron chi connectivity index (χ1n) is 6.06. The Morgan fingerprint density at radius 2 is 1.68 bits per heavy atom. The van der Waals surface area contributed by atoms with Gasteiger partial charge >= 0.3 is 5.76 Å². The molecule has 0 amide bonds. The van der Waals surface area contributed by atoms with E-state index < -0.39 is 26.3 Å². The Hall–Kier alpha value is -2.22. The molecule has 0 aliphatic heterocycles. The molecule has 22 heavy (non-hydrogen) atoms. The van der Waals surface area contributed by atoms with Gasteiger partial charge in [-0.15, -0.1) is 0 Å². The Labute approximate surface area is 125 Å². The van der Waals surface area contributed by atoms with Crippen molar-refractivity contribution in [1.82, 2.24) is 0 Å². The van der Waals surface area contributed by atoms with Crippen molar-refractivity contribution < 1.29 is 26.3 Å². The lowest BCUT2D eigenvalue weighted by atomic mass is 10.2. The predicted octanol–water partition coefficient (Wildman–Crippen LogP) is 3.57. The first-order chi connectivity index (χ1) is 10.3. The number of hydrogen-bond acceptors (Lipinski definition) is 4. The van der Waals surface area contributed by atoms with Crippen LogP contribution in [-0.2, 0) is 9.84 Å². The number of halogens is 3. The van der Waals surface area contributed by atoms with Gasteiger partial charge in [-0.05, 0) is 30.3 Å². The van der Waals surface area contributed by atoms with Gasteiger partial charge in [0.1, 0.15) is 11.6 Å². The number of nitrogens with one attached hydrogen (secondary N) is 1. The van der Waals surface area contributed by atoms with Crippen LogP contribution in [0.1, 0.15) is 0 Å². The molecule has 0 bridgehead atoms. The summed E-state index contributed by atoms with van der Waals surface area (Å²) in [6.07, 6.45) is 0. The van der Waals surface area contributed by atoms with Gasteiger partial charge in [0.2, 0.25) is 9.84 Å². The molecule has 0 fully saturated rings. The summed E-state index contributed by atoms with van der Waals surface area (Å²) in [5.41, 5.74) is 0.794. The Morgan fingerprint density at radius 3 is 2.23 bits per heavy atom. The Morgan fingerprint density at radius 1 is 1.05 bits per heavy atom. The Bertz CT molecular complexity index is 761. The third-order valence-corrected chi connectivity index (χ3v) is 4.21. The first kappa shape index (κ1) is 16.2. The van der Waals surface area contributed by atoms with Gasteiger partial charge in [0.15, 0.2) is 0 Å². The fourth-order valence-corrected chi connectivity index (χ4v) is 2.47. The van der Waals surface area contributed by atoms with Gasteiger partial charge in [0.25, 0.3) is 0 Å². The van der Waals surface area contributed by atoms with Crippen molar-refractivity contribution in [2.45, 2.75) is 10.7 Å². The number of benzene rings is 2. The lowest BCUT2D eigenvalue weighted by Crippen LogP contribution is -2.11. The second kappa shape index (κ2) is 6.27. The number of anilines is 2. The SMILES string of the molecule is COc1cc(F)cc(Nc2ccc(S(=O)(=O)C(F)F)cc2)c1. The maximum atomic E-state index is 13.3. The monoisotopic (exact) mass is 331 g/mol. The number of rotatable bonds is 5. The van der Waals surface area contributed by atoms with Gasteiger partial charge in [-0.1, -0.05) is 0 Å². The van der Waals surface area contributed by atoms with Crippen LogP contribution in [-0.4, -0.2) is 21.3 Å². The molecule has 2 aromatic rings. The van der Waals surface area contributed by atoms with Gasteiger partial charge in [0.05, 0.1) is 12.0 Å². The summed E-state index contributed by atoms with van der Waals surface area (Å²) in [6.45, 7) is 0. The van der Waals surface area contributed by atoms with E-state index in [1.165, 1.54) is 37.4 Å². The molecule has 8 heteroatoms. The highest BCUT2D eigenvalue weighted by Gasteiger charge is 2.26. The lowest BCUT2D eigenvalue weighted by molar-refractivity contribution is 0.234. The average Bonchev–Trinajstić information content (AvgIpc) is 2.47. The molecule has 0 spiro atoms. The predicted molar refractivity (Wildman–Crippen MR) is 75.9 cm³/mol. The summed E-state index contributed by atoms with van der Waals surface area (Å²) < 4.78 is 65.7. The number of methoxy groups -OCH3 is 1. The number of hydrogen-bond donors (Lipinski definition) is 1. The van der Waals surface area contributed by atoms with E-state index in [1.807, 2.05) is 0 Å². The second-order valence-electron chi connectivity index (χ2n) is 4.33. The molecule has 2 rings (SSSR count). The van der Waals surface area contributed by atoms with E-state index >= 15 is 0 Å². The topological polar surface area (TPSA) is 55.4 Å². The van der Waals surface area contributed by atoms with Gasteiger partial charge in [-0.2, -0.15) is 8.78 Å². The minimum absolute atomic E-state index is 0.305. The normalized spacial score (nSPS) is 11.5. The standard InChI is InChI=1S/C14H12F3NO3S/c1-21-12-7-9(15)6-11(8-12)18-10-2-4-13(5-3-10)22(19,20)14(16)17/h2-8,14,18H,1H3. The van der Waals surface area contributed by atoms with Gasteiger partial charge in [0, 0.05) is 23.5 Å². The zero-order valence-corrected chi connectivity index (χ0v) is 12.2. The van der Waals surface area contributed by atoms with E-state index in [-0.39, 0.29) is 0 Å². The average molecular weight is 331 g/mol. The van der Waals surface area contributed by atoms with E-state index in [0.717, 1.165) is 12.1 Å². The lowest BCUT2D eigenvalue weighted by Gasteiger charge is -2.09. The molecule has 0 atom stereocenters. The maximum Gasteiger partial charge on any atom is 0.341 e. The number of sulfone groups is 1. The fraction of sp³-hybridized carbons (Fsp3) is 0.143. The van der Waals surface area contributed by atoms with Crippen LogP contribution in [0.25, 0.3) is 0 Å². The van der Waals surface area contributed by atoms with Gasteiger partial charge < -0.3 is 10.1 Å². The zero-order valence-electron chi connectivity index (χ0n) is 11.4. The summed E-state index contributed by atoms with van der Waals surface area (Å²) in [7, 11) is -3.23. The molecule has 0 aliphatic rings. The smallest absolute Gasteiger partial charge is 0.341 e. The van der Waals surface area contributed by atoms with Crippen LogP contribution in [0.3, 0.4) is 0 Å². The first-order valence-corrected chi connectivity index (χ1v) is 7.61. The number of ether oxygens (including phenoxy) is 1. The van der Waals surface area contributed by atoms with Crippen molar-refractivity contribution in [3.05, 3.63) is 48.3 Å². The molecular weight excluding hydrogens is 319 g/mol. The summed E-state index contributed by atoms with van der Waals surface area (Å²) >= 11 is 0. The molecule has 4 nitrogen and oxygen atoms in total. The zero-order chi connectivity index (χ0) is 16.3. The van der Waals surface area contributed by atoms with E-state index in [9.17, 15) is 21.6 Å². The van der Waals surface area contributed by atoms with Crippen LogP contribution in [0.4, 0.5) is 24.5 Å². The minimum atomic E-state index is -4.63. The van der Waals surface area contributed by atoms with Gasteiger partial charge in [-0.3, -0.25) is 0 Å². The van der Waals surface area contributed by atoms with Crippen LogP contribution < -0.4 is 10.1 Å². The molecular formula is C14H12F3NO3S. The molecule has 118 valence electrons. The van der Waals surface area contributed by atoms with E-state index in [4.69, 9.17) is 4.74 Å². The van der Waals surface area contributed by atoms with Gasteiger partial charge in [-0.25, -0.2) is 12.8 Å².